The van der Waals surface area contributed by atoms with E-state index in [9.17, 15) is 4.79 Å². The quantitative estimate of drug-likeness (QED) is 0.501. The molecule has 2 saturated heterocycles. The molecule has 0 radical (unpaired) electrons. The van der Waals surface area contributed by atoms with Crippen LogP contribution in [0.5, 0.6) is 0 Å². The molecule has 0 amide bonds. The summed E-state index contributed by atoms with van der Waals surface area (Å²) in [7, 11) is 0. The van der Waals surface area contributed by atoms with Gasteiger partial charge in [0.15, 0.2) is 5.78 Å². The Morgan fingerprint density at radius 3 is 1.62 bits per heavy atom. The van der Waals surface area contributed by atoms with E-state index in [4.69, 9.17) is 11.5 Å². The summed E-state index contributed by atoms with van der Waals surface area (Å²) in [4.78, 5) is 12.9. The second-order valence-corrected chi connectivity index (χ2v) is 7.40. The molecule has 0 spiro atoms. The van der Waals surface area contributed by atoms with E-state index < -0.39 is 0 Å². The van der Waals surface area contributed by atoms with Crippen LogP contribution in [0.25, 0.3) is 0 Å². The fourth-order valence-corrected chi connectivity index (χ4v) is 4.18. The average Bonchev–Trinajstić information content (AvgIpc) is 3.35. The average molecular weight is 350 g/mol. The van der Waals surface area contributed by atoms with Gasteiger partial charge in [0, 0.05) is 35.6 Å². The van der Waals surface area contributed by atoms with Gasteiger partial charge in [-0.2, -0.15) is 0 Å². The van der Waals surface area contributed by atoms with Gasteiger partial charge in [-0.05, 0) is 61.0 Å². The molecule has 2 aromatic carbocycles. The number of benzene rings is 2. The molecule has 0 aliphatic carbocycles. The fourth-order valence-electron chi connectivity index (χ4n) is 4.18. The summed E-state index contributed by atoms with van der Waals surface area (Å²) in [5, 5.41) is 6.71. The van der Waals surface area contributed by atoms with Gasteiger partial charge in [-0.25, -0.2) is 0 Å². The Morgan fingerprint density at radius 1 is 0.808 bits per heavy atom. The first-order valence-corrected chi connectivity index (χ1v) is 9.38. The monoisotopic (exact) mass is 350 g/mol. The van der Waals surface area contributed by atoms with Gasteiger partial charge in [0.1, 0.15) is 0 Å². The highest BCUT2D eigenvalue weighted by atomic mass is 16.1. The second-order valence-electron chi connectivity index (χ2n) is 7.40. The van der Waals surface area contributed by atoms with Crippen molar-refractivity contribution in [2.24, 2.45) is 0 Å². The minimum Gasteiger partial charge on any atom is -0.398 e. The predicted molar refractivity (Wildman–Crippen MR) is 106 cm³/mol. The zero-order valence-electron chi connectivity index (χ0n) is 14.9. The summed E-state index contributed by atoms with van der Waals surface area (Å²) in [5.74, 6) is 0.846. The molecule has 136 valence electrons. The van der Waals surface area contributed by atoms with E-state index in [1.54, 1.807) is 12.1 Å². The van der Waals surface area contributed by atoms with Crippen molar-refractivity contribution in [3.8, 4) is 0 Å². The van der Waals surface area contributed by atoms with Crippen LogP contribution >= 0.6 is 0 Å². The highest BCUT2D eigenvalue weighted by molar-refractivity contribution is 6.10. The van der Waals surface area contributed by atoms with E-state index >= 15 is 0 Å². The third kappa shape index (κ3) is 3.20. The van der Waals surface area contributed by atoms with Crippen molar-refractivity contribution in [3.05, 3.63) is 58.7 Å². The van der Waals surface area contributed by atoms with Crippen molar-refractivity contribution < 1.29 is 4.79 Å². The maximum Gasteiger partial charge on any atom is 0.193 e. The van der Waals surface area contributed by atoms with Crippen LogP contribution < -0.4 is 22.1 Å². The molecule has 4 rings (SSSR count). The summed E-state index contributed by atoms with van der Waals surface area (Å²) in [5.41, 5.74) is 17.4. The zero-order chi connectivity index (χ0) is 18.1. The Kier molecular flexibility index (Phi) is 4.66. The molecule has 2 heterocycles. The number of nitrogens with two attached hydrogens (primary N) is 2. The number of hydrogen-bond donors (Lipinski definition) is 4. The van der Waals surface area contributed by atoms with Gasteiger partial charge in [0.25, 0.3) is 0 Å². The van der Waals surface area contributed by atoms with Gasteiger partial charge < -0.3 is 22.1 Å². The van der Waals surface area contributed by atoms with Crippen LogP contribution in [0.4, 0.5) is 11.4 Å². The van der Waals surface area contributed by atoms with Crippen molar-refractivity contribution in [3.63, 3.8) is 0 Å². The molecule has 2 fully saturated rings. The molecule has 2 aliphatic heterocycles. The molecular formula is C21H26N4O. The van der Waals surface area contributed by atoms with Crippen molar-refractivity contribution in [1.82, 2.24) is 10.6 Å². The summed E-state index contributed by atoms with van der Waals surface area (Å²) in [6, 6.07) is 11.4. The lowest BCUT2D eigenvalue weighted by Crippen LogP contribution is -2.11. The van der Waals surface area contributed by atoms with Crippen LogP contribution in [0.3, 0.4) is 0 Å². The Labute approximate surface area is 154 Å². The standard InChI is InChI=1S/C21H26N4O/c22-19-9-13(1-3-17(19)15-5-7-24-11-15)21(26)14-2-4-18(20(23)10-14)16-6-8-25-12-16/h1-4,9-10,15-16,24-25H,5-8,11-12,22-23H2. The summed E-state index contributed by atoms with van der Waals surface area (Å²) in [6.07, 6.45) is 2.18. The SMILES string of the molecule is Nc1cc(C(=O)c2ccc(C3CCNC3)c(N)c2)ccc1C1CCNC1. The van der Waals surface area contributed by atoms with Crippen LogP contribution in [-0.4, -0.2) is 32.0 Å². The third-order valence-corrected chi connectivity index (χ3v) is 5.70. The number of nitrogens with one attached hydrogen (secondary N) is 2. The van der Waals surface area contributed by atoms with Gasteiger partial charge in [-0.15, -0.1) is 0 Å². The molecule has 26 heavy (non-hydrogen) atoms. The number of anilines is 2. The van der Waals surface area contributed by atoms with Crippen LogP contribution in [0, 0.1) is 0 Å². The van der Waals surface area contributed by atoms with E-state index in [1.165, 1.54) is 0 Å². The van der Waals surface area contributed by atoms with E-state index in [1.807, 2.05) is 24.3 Å². The summed E-state index contributed by atoms with van der Waals surface area (Å²) >= 11 is 0. The van der Waals surface area contributed by atoms with E-state index in [0.29, 0.717) is 34.3 Å². The number of nitrogen functional groups attached to an aromatic ring is 2. The molecule has 0 bridgehead atoms. The molecule has 5 heteroatoms. The lowest BCUT2D eigenvalue weighted by atomic mass is 9.91. The van der Waals surface area contributed by atoms with Gasteiger partial charge in [-0.1, -0.05) is 24.3 Å². The minimum absolute atomic E-state index is 0.0319. The summed E-state index contributed by atoms with van der Waals surface area (Å²) < 4.78 is 0. The van der Waals surface area contributed by atoms with E-state index in [-0.39, 0.29) is 5.78 Å². The Balaban J connectivity index is 1.57. The van der Waals surface area contributed by atoms with Gasteiger partial charge in [-0.3, -0.25) is 4.79 Å². The second kappa shape index (κ2) is 7.09. The first-order valence-electron chi connectivity index (χ1n) is 9.38. The Hall–Kier alpha value is -2.37. The number of rotatable bonds is 4. The lowest BCUT2D eigenvalue weighted by molar-refractivity contribution is 0.103. The lowest BCUT2D eigenvalue weighted by Gasteiger charge is -2.15. The topological polar surface area (TPSA) is 93.2 Å². The zero-order valence-corrected chi connectivity index (χ0v) is 14.9. The molecule has 2 unspecified atom stereocenters. The number of carbonyl (C=O) groups is 1. The van der Waals surface area contributed by atoms with Gasteiger partial charge in [0.05, 0.1) is 0 Å². The van der Waals surface area contributed by atoms with Crippen molar-refractivity contribution in [2.45, 2.75) is 24.7 Å². The predicted octanol–water partition coefficient (Wildman–Crippen LogP) is 2.24. The molecule has 5 nitrogen and oxygen atoms in total. The Bertz CT molecular complexity index is 753. The molecule has 6 N–H and O–H groups in total. The van der Waals surface area contributed by atoms with Crippen molar-refractivity contribution >= 4 is 17.2 Å². The fraction of sp³-hybridized carbons (Fsp3) is 0.381. The van der Waals surface area contributed by atoms with Gasteiger partial charge in [0.2, 0.25) is 0 Å². The highest BCUT2D eigenvalue weighted by Crippen LogP contribution is 2.31. The highest BCUT2D eigenvalue weighted by Gasteiger charge is 2.22. The van der Waals surface area contributed by atoms with Crippen LogP contribution in [0.2, 0.25) is 0 Å². The maximum absolute atomic E-state index is 12.9. The smallest absolute Gasteiger partial charge is 0.193 e. The third-order valence-electron chi connectivity index (χ3n) is 5.70. The van der Waals surface area contributed by atoms with Crippen LogP contribution in [0.1, 0.15) is 51.7 Å². The number of carbonyl (C=O) groups excluding carboxylic acids is 1. The molecule has 0 aromatic heterocycles. The summed E-state index contributed by atoms with van der Waals surface area (Å²) in [6.45, 7) is 3.94. The molecule has 2 aromatic rings. The first kappa shape index (κ1) is 17.1. The van der Waals surface area contributed by atoms with Gasteiger partial charge >= 0.3 is 0 Å². The van der Waals surface area contributed by atoms with Crippen LogP contribution in [-0.2, 0) is 0 Å². The largest absolute Gasteiger partial charge is 0.398 e. The Morgan fingerprint density at radius 2 is 1.27 bits per heavy atom. The molecule has 2 atom stereocenters. The number of hydrogen-bond acceptors (Lipinski definition) is 5. The molecule has 2 aliphatic rings. The number of ketones is 1. The van der Waals surface area contributed by atoms with E-state index in [0.717, 1.165) is 50.1 Å². The van der Waals surface area contributed by atoms with E-state index in [2.05, 4.69) is 10.6 Å². The normalized spacial score (nSPS) is 22.6. The van der Waals surface area contributed by atoms with Crippen molar-refractivity contribution in [2.75, 3.05) is 37.6 Å². The van der Waals surface area contributed by atoms with Crippen LogP contribution in [0.15, 0.2) is 36.4 Å². The minimum atomic E-state index is -0.0319. The molecule has 0 saturated carbocycles. The molecular weight excluding hydrogens is 324 g/mol. The van der Waals surface area contributed by atoms with Crippen molar-refractivity contribution in [1.29, 1.82) is 0 Å². The first-order chi connectivity index (χ1) is 12.6. The maximum atomic E-state index is 12.9.